The van der Waals surface area contributed by atoms with Crippen LogP contribution in [0.15, 0.2) is 122 Å². The van der Waals surface area contributed by atoms with Crippen LogP contribution in [-0.2, 0) is 83.2 Å². The van der Waals surface area contributed by atoms with Crippen molar-refractivity contribution in [3.63, 3.8) is 0 Å². The Morgan fingerprint density at radius 2 is 0.698 bits per heavy atom. The van der Waals surface area contributed by atoms with Crippen molar-refractivity contribution in [1.82, 2.24) is 93.5 Å². The number of para-hydroxylation sites is 4. The maximum atomic E-state index is 16.1. The molecule has 12 amide bonds. The highest BCUT2D eigenvalue weighted by atomic mass is 16.2. The van der Waals surface area contributed by atoms with Crippen LogP contribution in [0.2, 0.25) is 0 Å². The van der Waals surface area contributed by atoms with Crippen LogP contribution in [0.25, 0.3) is 43.6 Å². The van der Waals surface area contributed by atoms with Crippen LogP contribution < -0.4 is 98.2 Å². The first kappa shape index (κ1) is 97.6. The lowest BCUT2D eigenvalue weighted by Crippen LogP contribution is -2.61. The number of likely N-dealkylation sites (tertiary alicyclic amines) is 2. The number of fused-ring (bicyclic) bond motifs is 4. The van der Waals surface area contributed by atoms with E-state index in [4.69, 9.17) is 50.6 Å². The molecule has 2 fully saturated rings. The third kappa shape index (κ3) is 27.2. The topological polar surface area (TPSA) is 647 Å². The van der Waals surface area contributed by atoms with Crippen molar-refractivity contribution in [2.45, 2.75) is 222 Å². The van der Waals surface area contributed by atoms with Gasteiger partial charge in [0.15, 0.2) is 17.9 Å². The third-order valence-electron chi connectivity index (χ3n) is 23.9. The lowest BCUT2D eigenvalue weighted by atomic mass is 9.97. The number of carbonyl (C=O) groups excluding carboxylic acids is 12. The number of rotatable bonds is 49. The fourth-order valence-electron chi connectivity index (χ4n) is 16.7. The fourth-order valence-corrected chi connectivity index (χ4v) is 16.7. The highest BCUT2D eigenvalue weighted by Gasteiger charge is 2.44. The van der Waals surface area contributed by atoms with Gasteiger partial charge in [0.2, 0.25) is 70.9 Å². The average molecular weight is 1780 g/mol. The molecule has 2 aliphatic rings. The molecule has 13 atom stereocenters. The number of aromatic amines is 4. The van der Waals surface area contributed by atoms with Crippen LogP contribution in [0.5, 0.6) is 0 Å². The number of aromatic nitrogens is 4. The van der Waals surface area contributed by atoms with E-state index in [2.05, 4.69) is 83.7 Å². The summed E-state index contributed by atoms with van der Waals surface area (Å²) in [5.41, 5.74) is 40.0. The molecule has 0 saturated carbocycles. The molecule has 8 aromatic rings. The van der Waals surface area contributed by atoms with Crippen molar-refractivity contribution in [3.8, 4) is 0 Å². The van der Waals surface area contributed by atoms with Gasteiger partial charge in [-0.25, -0.2) is 0 Å². The van der Waals surface area contributed by atoms with E-state index in [0.29, 0.717) is 76.4 Å². The summed E-state index contributed by atoms with van der Waals surface area (Å²) in [5.74, 6) is -10.3. The zero-order valence-electron chi connectivity index (χ0n) is 73.6. The summed E-state index contributed by atoms with van der Waals surface area (Å²) >= 11 is 0. The van der Waals surface area contributed by atoms with Crippen LogP contribution in [0.3, 0.4) is 0 Å². The van der Waals surface area contributed by atoms with Crippen molar-refractivity contribution in [1.29, 1.82) is 16.2 Å². The van der Waals surface area contributed by atoms with Gasteiger partial charge in [0.25, 0.3) is 0 Å². The maximum Gasteiger partial charge on any atom is 0.246 e. The van der Waals surface area contributed by atoms with E-state index in [1.165, 1.54) is 9.80 Å². The summed E-state index contributed by atoms with van der Waals surface area (Å²) in [6.07, 6.45) is 9.27. The normalized spacial score (nSPS) is 16.4. The summed E-state index contributed by atoms with van der Waals surface area (Å²) in [6.45, 7) is 8.15. The van der Waals surface area contributed by atoms with Gasteiger partial charge < -0.3 is 128 Å². The lowest BCUT2D eigenvalue weighted by molar-refractivity contribution is -0.143. The van der Waals surface area contributed by atoms with Crippen LogP contribution in [0.4, 0.5) is 0 Å². The zero-order chi connectivity index (χ0) is 93.0. The summed E-state index contributed by atoms with van der Waals surface area (Å²) in [5, 5.41) is 60.1. The Morgan fingerprint density at radius 3 is 1.02 bits per heavy atom. The van der Waals surface area contributed by atoms with Crippen LogP contribution in [0, 0.1) is 28.1 Å². The first-order chi connectivity index (χ1) is 61.9. The van der Waals surface area contributed by atoms with Gasteiger partial charge in [-0.2, -0.15) is 0 Å². The molecule has 39 nitrogen and oxygen atoms in total. The Balaban J connectivity index is 0.942. The predicted octanol–water partition coefficient (Wildman–Crippen LogP) is 1.05. The standard InChI is InChI=1S/C90H127N27O12/c1-5-51(4)75(92)85(127)113-68(41-50(2)3)80(122)109-67(32-18-38-102-90(98)99)79(121)114-71(44-54-48-105-62-27-12-8-23-58(54)62)86(128)116-39-19-34-74(116)84(126)112-70(43-53-47-104-61-26-11-7-22-57(53)61)82(124)115-72(45-55-49-106-63-28-13-9-24-59(55)63)87(129)117-40-20-33-73(117)83(125)111-69(42-52-46-103-60-25-10-6-21-56(52)60)81(123)110-66(31-17-37-101-89(96)97)78(120)108-65(30-16-36-100-88(94)95)77(119)107-64(76(93)118)29-14-15-35-91/h6-13,21-28,46-51,64-75,103-106H,5,14-20,29-45,91-92H2,1-4H3,(H2,93,118)(H,107,119)(H,108,120)(H,109,122)(H,110,123)(H,111,125)(H,112,126)(H,113,127)(H,114,121)(H,115,124)(H4,94,95,100)(H4,96,97,101)(H4,98,99,102)/t51-,64-,65+,66-,67-,68-,69-,70-,71-,72-,73-,74-,75-/m0/s1. The van der Waals surface area contributed by atoms with E-state index >= 15 is 33.6 Å². The van der Waals surface area contributed by atoms with E-state index in [-0.39, 0.29) is 159 Å². The molecular formula is C90H127N27O12. The van der Waals surface area contributed by atoms with E-state index in [9.17, 15) is 24.0 Å². The van der Waals surface area contributed by atoms with Gasteiger partial charge in [-0.15, -0.1) is 0 Å². The Hall–Kier alpha value is -13.6. The van der Waals surface area contributed by atoms with Crippen molar-refractivity contribution >= 4 is 132 Å². The Kier molecular flexibility index (Phi) is 35.8. The molecule has 31 N–H and O–H groups in total. The number of H-pyrrole nitrogens is 4. The quantitative estimate of drug-likeness (QED) is 0.0144. The number of primary amides is 1. The summed E-state index contributed by atoms with van der Waals surface area (Å²) < 4.78 is 0. The molecule has 10 rings (SSSR count). The molecule has 2 saturated heterocycles. The molecule has 129 heavy (non-hydrogen) atoms. The van der Waals surface area contributed by atoms with E-state index in [0.717, 1.165) is 21.7 Å². The number of carbonyl (C=O) groups is 12. The SMILES string of the molecule is CC[C@H](C)[C@H](N)C(=O)N[C@@H](CC(C)C)C(=O)N[C@@H](CCCNC(=N)N)C(=O)N[C@@H](Cc1c[nH]c2ccccc12)C(=O)N1CCC[C@H]1C(=O)N[C@@H](Cc1c[nH]c2ccccc12)C(=O)N[C@@H](Cc1c[nH]c2ccccc12)C(=O)N1CCC[C@H]1C(=O)N[C@@H](Cc1c[nH]c2ccccc12)C(=O)N[C@@H](CCCNC(=N)N)C(=O)N[C@H](CCCNC(=N)N)C(=O)N[C@@H](CCCCN)C(N)=O. The molecule has 0 unspecified atom stereocenters. The molecule has 694 valence electrons. The van der Waals surface area contributed by atoms with E-state index in [1.54, 1.807) is 30.9 Å². The first-order valence-electron chi connectivity index (χ1n) is 44.4. The molecule has 4 aromatic heterocycles. The molecule has 0 spiro atoms. The molecule has 2 aliphatic heterocycles. The highest BCUT2D eigenvalue weighted by molar-refractivity contribution is 6.02. The van der Waals surface area contributed by atoms with Gasteiger partial charge in [-0.3, -0.25) is 73.8 Å². The number of guanidine groups is 3. The van der Waals surface area contributed by atoms with Gasteiger partial charge in [-0.1, -0.05) is 107 Å². The fraction of sp³-hybridized carbons (Fsp3) is 0.478. The Morgan fingerprint density at radius 1 is 0.395 bits per heavy atom. The van der Waals surface area contributed by atoms with Crippen LogP contribution in [0.1, 0.15) is 146 Å². The second-order valence-corrected chi connectivity index (χ2v) is 33.9. The van der Waals surface area contributed by atoms with E-state index in [1.807, 2.05) is 119 Å². The number of nitrogens with one attached hydrogen (secondary N) is 19. The Bertz CT molecular complexity index is 5270. The van der Waals surface area contributed by atoms with Gasteiger partial charge in [0.05, 0.1) is 6.04 Å². The number of nitrogens with two attached hydrogens (primary N) is 6. The Labute approximate surface area is 747 Å². The minimum atomic E-state index is -1.48. The monoisotopic (exact) mass is 1780 g/mol. The minimum absolute atomic E-state index is 0.00377. The van der Waals surface area contributed by atoms with Crippen molar-refractivity contribution in [3.05, 3.63) is 144 Å². The van der Waals surface area contributed by atoms with Crippen molar-refractivity contribution < 1.29 is 57.5 Å². The number of unbranched alkanes of at least 4 members (excludes halogenated alkanes) is 1. The molecule has 0 aliphatic carbocycles. The number of nitrogens with zero attached hydrogens (tertiary/aromatic N) is 2. The summed E-state index contributed by atoms with van der Waals surface area (Å²) in [7, 11) is 0. The second kappa shape index (κ2) is 47.3. The minimum Gasteiger partial charge on any atom is -0.370 e. The number of benzene rings is 4. The average Bonchev–Trinajstić information content (AvgIpc) is 1.69. The first-order valence-corrected chi connectivity index (χ1v) is 44.4. The van der Waals surface area contributed by atoms with Gasteiger partial charge in [-0.05, 0) is 155 Å². The van der Waals surface area contributed by atoms with Crippen LogP contribution >= 0.6 is 0 Å². The highest BCUT2D eigenvalue weighted by Crippen LogP contribution is 2.29. The van der Waals surface area contributed by atoms with Crippen molar-refractivity contribution in [2.24, 2.45) is 46.2 Å². The lowest BCUT2D eigenvalue weighted by Gasteiger charge is -2.32. The second-order valence-electron chi connectivity index (χ2n) is 33.9. The third-order valence-corrected chi connectivity index (χ3v) is 23.9. The smallest absolute Gasteiger partial charge is 0.246 e. The van der Waals surface area contributed by atoms with Crippen molar-refractivity contribution in [2.75, 3.05) is 39.3 Å². The number of hydrogen-bond donors (Lipinski definition) is 25. The predicted molar refractivity (Wildman–Crippen MR) is 491 cm³/mol. The van der Waals surface area contributed by atoms with Gasteiger partial charge in [0, 0.05) is 127 Å². The van der Waals surface area contributed by atoms with Crippen LogP contribution in [-0.4, -0.2) is 230 Å². The molecule has 6 heterocycles. The maximum absolute atomic E-state index is 16.1. The van der Waals surface area contributed by atoms with E-state index < -0.39 is 143 Å². The molecule has 0 bridgehead atoms. The molecule has 0 radical (unpaired) electrons. The van der Waals surface area contributed by atoms with Gasteiger partial charge >= 0.3 is 0 Å². The molecule has 39 heteroatoms. The molecule has 4 aromatic carbocycles. The summed E-state index contributed by atoms with van der Waals surface area (Å²) in [4.78, 5) is 195. The molecular weight excluding hydrogens is 1650 g/mol. The van der Waals surface area contributed by atoms with Gasteiger partial charge in [0.1, 0.15) is 66.5 Å². The number of hydrogen-bond acceptors (Lipinski definition) is 17. The summed E-state index contributed by atoms with van der Waals surface area (Å²) in [6, 6.07) is 13.7. The number of amides is 12. The largest absolute Gasteiger partial charge is 0.370 e. The zero-order valence-corrected chi connectivity index (χ0v) is 73.6.